The number of rotatable bonds is 4. The van der Waals surface area contributed by atoms with Crippen LogP contribution in [0, 0.1) is 0 Å². The first kappa shape index (κ1) is 16.9. The molecule has 2 aliphatic heterocycles. The first-order valence-corrected chi connectivity index (χ1v) is 9.37. The van der Waals surface area contributed by atoms with Crippen LogP contribution in [-0.2, 0) is 20.8 Å². The van der Waals surface area contributed by atoms with Gasteiger partial charge >= 0.3 is 0 Å². The summed E-state index contributed by atoms with van der Waals surface area (Å²) >= 11 is 0. The highest BCUT2D eigenvalue weighted by Crippen LogP contribution is 2.28. The molecule has 3 aliphatic rings. The van der Waals surface area contributed by atoms with Gasteiger partial charge < -0.3 is 14.4 Å². The van der Waals surface area contributed by atoms with E-state index < -0.39 is 0 Å². The summed E-state index contributed by atoms with van der Waals surface area (Å²) in [5.74, 6) is 0.238. The van der Waals surface area contributed by atoms with Crippen LogP contribution in [0.3, 0.4) is 0 Å². The van der Waals surface area contributed by atoms with E-state index in [1.165, 1.54) is 19.2 Å². The maximum absolute atomic E-state index is 12.9. The number of amides is 1. The predicted octanol–water partition coefficient (Wildman–Crippen LogP) is 0.149. The fourth-order valence-corrected chi connectivity index (χ4v) is 4.26. The number of nitrogens with zero attached hydrogens (tertiary/aromatic N) is 5. The molecule has 0 aromatic carbocycles. The van der Waals surface area contributed by atoms with E-state index in [-0.39, 0.29) is 24.2 Å². The number of carbonyl (C=O) groups excluding carboxylic acids is 1. The minimum atomic E-state index is 0.0513. The Kier molecular flexibility index (Phi) is 5.28. The largest absolute Gasteiger partial charge is 0.374 e. The molecule has 1 aliphatic carbocycles. The number of morpholine rings is 2. The Labute approximate surface area is 148 Å². The summed E-state index contributed by atoms with van der Waals surface area (Å²) in [7, 11) is 0. The highest BCUT2D eigenvalue weighted by atomic mass is 16.5. The van der Waals surface area contributed by atoms with Gasteiger partial charge in [0.2, 0.25) is 5.91 Å². The van der Waals surface area contributed by atoms with Crippen LogP contribution < -0.4 is 0 Å². The highest BCUT2D eigenvalue weighted by Gasteiger charge is 2.37. The van der Waals surface area contributed by atoms with Crippen molar-refractivity contribution in [2.75, 3.05) is 39.4 Å². The molecular formula is C17H27N5O3. The van der Waals surface area contributed by atoms with E-state index in [4.69, 9.17) is 9.47 Å². The van der Waals surface area contributed by atoms with E-state index in [1.807, 2.05) is 0 Å². The molecule has 0 N–H and O–H groups in total. The Morgan fingerprint density at radius 2 is 2.04 bits per heavy atom. The molecule has 4 rings (SSSR count). The van der Waals surface area contributed by atoms with Crippen molar-refractivity contribution in [2.45, 2.75) is 50.5 Å². The topological polar surface area (TPSA) is 72.7 Å². The zero-order valence-electron chi connectivity index (χ0n) is 14.6. The first-order chi connectivity index (χ1) is 12.3. The van der Waals surface area contributed by atoms with Crippen LogP contribution in [0.15, 0.2) is 12.7 Å². The Morgan fingerprint density at radius 3 is 2.92 bits per heavy atom. The smallest absolute Gasteiger partial charge is 0.237 e. The van der Waals surface area contributed by atoms with Crippen LogP contribution in [0.5, 0.6) is 0 Å². The lowest BCUT2D eigenvalue weighted by Crippen LogP contribution is -2.57. The third-order valence-corrected chi connectivity index (χ3v) is 5.49. The minimum absolute atomic E-state index is 0.0513. The van der Waals surface area contributed by atoms with Crippen LogP contribution in [0.4, 0.5) is 0 Å². The molecule has 0 bridgehead atoms. The Balaban J connectivity index is 1.32. The lowest BCUT2D eigenvalue weighted by Gasteiger charge is -2.44. The number of ether oxygens (including phenoxy) is 2. The van der Waals surface area contributed by atoms with Crippen molar-refractivity contribution < 1.29 is 14.3 Å². The second-order valence-corrected chi connectivity index (χ2v) is 7.19. The normalized spacial score (nSPS) is 30.9. The molecule has 3 heterocycles. The standard InChI is InChI=1S/C17H27N5O3/c23-17(22-6-8-25-16-4-2-1-3-15(16)22)11-20-5-7-24-14(9-20)10-21-13-18-12-19-21/h12-16H,1-11H2/t14-,15+,16-/m0/s1. The lowest BCUT2D eigenvalue weighted by molar-refractivity contribution is -0.152. The molecule has 138 valence electrons. The summed E-state index contributed by atoms with van der Waals surface area (Å²) in [5.41, 5.74) is 0. The van der Waals surface area contributed by atoms with Crippen molar-refractivity contribution in [3.05, 3.63) is 12.7 Å². The number of aromatic nitrogens is 3. The van der Waals surface area contributed by atoms with Crippen LogP contribution in [0.1, 0.15) is 25.7 Å². The molecule has 2 saturated heterocycles. The molecule has 3 fully saturated rings. The van der Waals surface area contributed by atoms with Gasteiger partial charge in [-0.2, -0.15) is 5.10 Å². The molecule has 8 heteroatoms. The van der Waals surface area contributed by atoms with E-state index in [0.29, 0.717) is 26.3 Å². The maximum Gasteiger partial charge on any atom is 0.237 e. The van der Waals surface area contributed by atoms with Gasteiger partial charge in [-0.25, -0.2) is 4.98 Å². The third-order valence-electron chi connectivity index (χ3n) is 5.49. The summed E-state index contributed by atoms with van der Waals surface area (Å²) in [6.45, 7) is 4.76. The van der Waals surface area contributed by atoms with E-state index in [9.17, 15) is 4.79 Å². The van der Waals surface area contributed by atoms with Gasteiger partial charge in [-0.3, -0.25) is 14.4 Å². The number of hydrogen-bond acceptors (Lipinski definition) is 6. The van der Waals surface area contributed by atoms with E-state index in [0.717, 1.165) is 32.5 Å². The van der Waals surface area contributed by atoms with Crippen molar-refractivity contribution in [2.24, 2.45) is 0 Å². The fourth-order valence-electron chi connectivity index (χ4n) is 4.26. The number of fused-ring (bicyclic) bond motifs is 1. The van der Waals surface area contributed by atoms with Crippen molar-refractivity contribution in [3.63, 3.8) is 0 Å². The highest BCUT2D eigenvalue weighted by molar-refractivity contribution is 5.78. The first-order valence-electron chi connectivity index (χ1n) is 9.37. The van der Waals surface area contributed by atoms with Crippen molar-refractivity contribution in [1.29, 1.82) is 0 Å². The SMILES string of the molecule is O=C(CN1CCO[C@H](Cn2cncn2)C1)N1CCO[C@H]2CCCC[C@H]21. The second-order valence-electron chi connectivity index (χ2n) is 7.19. The minimum Gasteiger partial charge on any atom is -0.374 e. The molecule has 0 radical (unpaired) electrons. The van der Waals surface area contributed by atoms with Gasteiger partial charge in [0.05, 0.1) is 44.6 Å². The molecule has 8 nitrogen and oxygen atoms in total. The van der Waals surface area contributed by atoms with Gasteiger partial charge in [-0.1, -0.05) is 12.8 Å². The van der Waals surface area contributed by atoms with Gasteiger partial charge in [-0.15, -0.1) is 0 Å². The van der Waals surface area contributed by atoms with Crippen LogP contribution >= 0.6 is 0 Å². The third kappa shape index (κ3) is 4.02. The maximum atomic E-state index is 12.9. The molecule has 3 atom stereocenters. The van der Waals surface area contributed by atoms with Gasteiger partial charge in [0.1, 0.15) is 12.7 Å². The summed E-state index contributed by atoms with van der Waals surface area (Å²) in [6.07, 6.45) is 8.11. The van der Waals surface area contributed by atoms with Crippen molar-refractivity contribution >= 4 is 5.91 Å². The predicted molar refractivity (Wildman–Crippen MR) is 89.9 cm³/mol. The molecule has 1 aromatic heterocycles. The fraction of sp³-hybridized carbons (Fsp3) is 0.824. The van der Waals surface area contributed by atoms with Crippen molar-refractivity contribution in [1.82, 2.24) is 24.6 Å². The average molecular weight is 349 g/mol. The molecular weight excluding hydrogens is 322 g/mol. The molecule has 0 spiro atoms. The van der Waals surface area contributed by atoms with E-state index in [2.05, 4.69) is 19.9 Å². The molecule has 1 saturated carbocycles. The quantitative estimate of drug-likeness (QED) is 0.770. The van der Waals surface area contributed by atoms with Crippen LogP contribution in [0.2, 0.25) is 0 Å². The second kappa shape index (κ2) is 7.80. The summed E-state index contributed by atoms with van der Waals surface area (Å²) in [6, 6.07) is 0.280. The van der Waals surface area contributed by atoms with E-state index in [1.54, 1.807) is 11.0 Å². The summed E-state index contributed by atoms with van der Waals surface area (Å²) in [4.78, 5) is 21.2. The average Bonchev–Trinajstić information content (AvgIpc) is 3.14. The van der Waals surface area contributed by atoms with Gasteiger partial charge in [0.15, 0.2) is 0 Å². The summed E-state index contributed by atoms with van der Waals surface area (Å²) < 4.78 is 13.5. The van der Waals surface area contributed by atoms with Gasteiger partial charge in [0, 0.05) is 19.6 Å². The Hall–Kier alpha value is -1.51. The van der Waals surface area contributed by atoms with E-state index >= 15 is 0 Å². The lowest BCUT2D eigenvalue weighted by atomic mass is 9.90. The number of hydrogen-bond donors (Lipinski definition) is 0. The number of carbonyl (C=O) groups is 1. The van der Waals surface area contributed by atoms with Crippen LogP contribution in [0.25, 0.3) is 0 Å². The molecule has 25 heavy (non-hydrogen) atoms. The molecule has 1 amide bonds. The Bertz CT molecular complexity index is 565. The van der Waals surface area contributed by atoms with Gasteiger partial charge in [0.25, 0.3) is 0 Å². The van der Waals surface area contributed by atoms with Crippen molar-refractivity contribution in [3.8, 4) is 0 Å². The zero-order chi connectivity index (χ0) is 17.1. The molecule has 0 unspecified atom stereocenters. The van der Waals surface area contributed by atoms with Crippen LogP contribution in [-0.4, -0.2) is 88.1 Å². The molecule has 1 aromatic rings. The monoisotopic (exact) mass is 349 g/mol. The van der Waals surface area contributed by atoms with Gasteiger partial charge in [-0.05, 0) is 12.8 Å². The summed E-state index contributed by atoms with van der Waals surface area (Å²) in [5, 5.41) is 4.13. The zero-order valence-corrected chi connectivity index (χ0v) is 14.6. The Morgan fingerprint density at radius 1 is 1.16 bits per heavy atom.